The van der Waals surface area contributed by atoms with E-state index in [0.717, 1.165) is 6.42 Å². The molecule has 0 radical (unpaired) electrons. The van der Waals surface area contributed by atoms with Gasteiger partial charge in [-0.1, -0.05) is 55.5 Å². The van der Waals surface area contributed by atoms with Gasteiger partial charge in [-0.2, -0.15) is 0 Å². The predicted octanol–water partition coefficient (Wildman–Crippen LogP) is 4.89. The molecule has 3 nitrogen and oxygen atoms in total. The predicted molar refractivity (Wildman–Crippen MR) is 97.4 cm³/mol. The number of aryl methyl sites for hydroxylation is 1. The Kier molecular flexibility index (Phi) is 4.63. The molecule has 2 aliphatic rings. The summed E-state index contributed by atoms with van der Waals surface area (Å²) in [4.78, 5) is 0. The van der Waals surface area contributed by atoms with Crippen LogP contribution in [0.25, 0.3) is 0 Å². The van der Waals surface area contributed by atoms with E-state index in [1.807, 2.05) is 0 Å². The zero-order chi connectivity index (χ0) is 17.4. The van der Waals surface area contributed by atoms with E-state index in [1.165, 1.54) is 22.3 Å². The Morgan fingerprint density at radius 2 is 1.68 bits per heavy atom. The lowest BCUT2D eigenvalue weighted by Gasteiger charge is -2.34. The van der Waals surface area contributed by atoms with Gasteiger partial charge >= 0.3 is 0 Å². The molecular weight excluding hydrogens is 312 g/mol. The largest absolute Gasteiger partial charge is 0.368 e. The van der Waals surface area contributed by atoms with Crippen LogP contribution in [0.4, 0.5) is 0 Å². The van der Waals surface area contributed by atoms with E-state index in [1.54, 1.807) is 0 Å². The molecule has 0 amide bonds. The Morgan fingerprint density at radius 1 is 0.960 bits per heavy atom. The van der Waals surface area contributed by atoms with Crippen LogP contribution in [0.3, 0.4) is 0 Å². The van der Waals surface area contributed by atoms with Crippen LogP contribution in [0.2, 0.25) is 0 Å². The van der Waals surface area contributed by atoms with Gasteiger partial charge in [0, 0.05) is 0 Å². The number of hydrogen-bond acceptors (Lipinski definition) is 3. The molecule has 1 unspecified atom stereocenters. The van der Waals surface area contributed by atoms with Gasteiger partial charge < -0.3 is 14.2 Å². The second-order valence-electron chi connectivity index (χ2n) is 7.08. The summed E-state index contributed by atoms with van der Waals surface area (Å²) in [5, 5.41) is 0. The van der Waals surface area contributed by atoms with Gasteiger partial charge in [0.05, 0.1) is 18.8 Å². The SMILES string of the molecule is CC[C@H]1O[C@@H]2c3ccccc3C(C)O[C@@H]2[C@H]1OCc1ccccc1C. The molecule has 0 N–H and O–H groups in total. The highest BCUT2D eigenvalue weighted by molar-refractivity contribution is 5.35. The average molecular weight is 338 g/mol. The second kappa shape index (κ2) is 6.91. The van der Waals surface area contributed by atoms with Crippen molar-refractivity contribution in [3.8, 4) is 0 Å². The molecule has 0 bridgehead atoms. The first-order chi connectivity index (χ1) is 12.2. The molecule has 1 saturated heterocycles. The Labute approximate surface area is 149 Å². The highest BCUT2D eigenvalue weighted by Crippen LogP contribution is 2.46. The first kappa shape index (κ1) is 16.8. The van der Waals surface area contributed by atoms with Crippen LogP contribution < -0.4 is 0 Å². The van der Waals surface area contributed by atoms with Crippen molar-refractivity contribution in [2.24, 2.45) is 0 Å². The van der Waals surface area contributed by atoms with Crippen LogP contribution >= 0.6 is 0 Å². The maximum Gasteiger partial charge on any atom is 0.117 e. The van der Waals surface area contributed by atoms with Crippen LogP contribution in [0, 0.1) is 6.92 Å². The molecule has 0 spiro atoms. The third kappa shape index (κ3) is 3.01. The highest BCUT2D eigenvalue weighted by atomic mass is 16.6. The maximum absolute atomic E-state index is 6.37. The normalized spacial score (nSPS) is 30.8. The van der Waals surface area contributed by atoms with E-state index in [9.17, 15) is 0 Å². The maximum atomic E-state index is 6.37. The third-order valence-electron chi connectivity index (χ3n) is 5.51. The minimum absolute atomic E-state index is 0.0285. The van der Waals surface area contributed by atoms with E-state index in [0.29, 0.717) is 6.61 Å². The molecular formula is C22H26O3. The molecule has 25 heavy (non-hydrogen) atoms. The average Bonchev–Trinajstić information content (AvgIpc) is 2.99. The van der Waals surface area contributed by atoms with Crippen molar-refractivity contribution in [1.29, 1.82) is 0 Å². The van der Waals surface area contributed by atoms with Crippen molar-refractivity contribution in [1.82, 2.24) is 0 Å². The van der Waals surface area contributed by atoms with E-state index in [2.05, 4.69) is 69.3 Å². The lowest BCUT2D eigenvalue weighted by molar-refractivity contribution is -0.108. The van der Waals surface area contributed by atoms with Crippen molar-refractivity contribution >= 4 is 0 Å². The summed E-state index contributed by atoms with van der Waals surface area (Å²) in [7, 11) is 0. The van der Waals surface area contributed by atoms with Crippen LogP contribution in [0.15, 0.2) is 48.5 Å². The topological polar surface area (TPSA) is 27.7 Å². The van der Waals surface area contributed by atoms with Crippen LogP contribution in [-0.4, -0.2) is 18.3 Å². The fourth-order valence-corrected chi connectivity index (χ4v) is 4.06. The molecule has 0 aliphatic carbocycles. The second-order valence-corrected chi connectivity index (χ2v) is 7.08. The third-order valence-corrected chi connectivity index (χ3v) is 5.51. The summed E-state index contributed by atoms with van der Waals surface area (Å²) in [6, 6.07) is 16.8. The minimum atomic E-state index is -0.0427. The Bertz CT molecular complexity index is 742. The molecule has 0 aromatic heterocycles. The van der Waals surface area contributed by atoms with Crippen molar-refractivity contribution in [3.63, 3.8) is 0 Å². The van der Waals surface area contributed by atoms with Gasteiger partial charge in [-0.05, 0) is 42.5 Å². The van der Waals surface area contributed by atoms with Crippen LogP contribution in [-0.2, 0) is 20.8 Å². The summed E-state index contributed by atoms with van der Waals surface area (Å²) >= 11 is 0. The van der Waals surface area contributed by atoms with Gasteiger partial charge in [-0.3, -0.25) is 0 Å². The van der Waals surface area contributed by atoms with Crippen molar-refractivity contribution in [2.75, 3.05) is 0 Å². The number of ether oxygens (including phenoxy) is 3. The van der Waals surface area contributed by atoms with Crippen molar-refractivity contribution in [2.45, 2.75) is 64.3 Å². The first-order valence-corrected chi connectivity index (χ1v) is 9.25. The molecule has 4 rings (SSSR count). The monoisotopic (exact) mass is 338 g/mol. The molecule has 2 heterocycles. The quantitative estimate of drug-likeness (QED) is 0.794. The van der Waals surface area contributed by atoms with Crippen LogP contribution in [0.5, 0.6) is 0 Å². The van der Waals surface area contributed by atoms with Crippen LogP contribution in [0.1, 0.15) is 54.7 Å². The smallest absolute Gasteiger partial charge is 0.117 e. The molecule has 0 saturated carbocycles. The summed E-state index contributed by atoms with van der Waals surface area (Å²) in [6.07, 6.45) is 0.952. The van der Waals surface area contributed by atoms with Gasteiger partial charge in [0.25, 0.3) is 0 Å². The standard InChI is InChI=1S/C22H26O3/c1-4-19-21(23-13-16-10-6-5-9-14(16)2)22-20(25-19)18-12-8-7-11-17(18)15(3)24-22/h5-12,15,19-22H,4,13H2,1-3H3/t15?,19-,20-,21+,22+/m1/s1. The fourth-order valence-electron chi connectivity index (χ4n) is 4.06. The molecule has 2 aliphatic heterocycles. The molecule has 2 aromatic carbocycles. The highest BCUT2D eigenvalue weighted by Gasteiger charge is 2.49. The van der Waals surface area contributed by atoms with Crippen molar-refractivity contribution < 1.29 is 14.2 Å². The number of hydrogen-bond donors (Lipinski definition) is 0. The van der Waals surface area contributed by atoms with Gasteiger partial charge in [0.2, 0.25) is 0 Å². The van der Waals surface area contributed by atoms with E-state index < -0.39 is 0 Å². The van der Waals surface area contributed by atoms with E-state index >= 15 is 0 Å². The van der Waals surface area contributed by atoms with E-state index in [-0.39, 0.29) is 30.5 Å². The summed E-state index contributed by atoms with van der Waals surface area (Å²) in [5.74, 6) is 0. The summed E-state index contributed by atoms with van der Waals surface area (Å²) in [5.41, 5.74) is 4.98. The molecule has 5 atom stereocenters. The van der Waals surface area contributed by atoms with Crippen molar-refractivity contribution in [3.05, 3.63) is 70.8 Å². The Morgan fingerprint density at radius 3 is 2.44 bits per heavy atom. The lowest BCUT2D eigenvalue weighted by Crippen LogP contribution is -2.38. The number of fused-ring (bicyclic) bond motifs is 3. The zero-order valence-corrected chi connectivity index (χ0v) is 15.1. The Hall–Kier alpha value is -1.68. The summed E-state index contributed by atoms with van der Waals surface area (Å²) < 4.78 is 19.1. The lowest BCUT2D eigenvalue weighted by atomic mass is 9.91. The van der Waals surface area contributed by atoms with Gasteiger partial charge in [0.15, 0.2) is 0 Å². The van der Waals surface area contributed by atoms with Gasteiger partial charge in [-0.15, -0.1) is 0 Å². The number of benzene rings is 2. The zero-order valence-electron chi connectivity index (χ0n) is 15.1. The van der Waals surface area contributed by atoms with Gasteiger partial charge in [-0.25, -0.2) is 0 Å². The number of rotatable bonds is 4. The minimum Gasteiger partial charge on any atom is -0.368 e. The van der Waals surface area contributed by atoms with Gasteiger partial charge in [0.1, 0.15) is 18.3 Å². The molecule has 1 fully saturated rings. The summed E-state index contributed by atoms with van der Waals surface area (Å²) in [6.45, 7) is 6.99. The molecule has 132 valence electrons. The first-order valence-electron chi connectivity index (χ1n) is 9.25. The molecule has 3 heteroatoms. The Balaban J connectivity index is 1.57. The van der Waals surface area contributed by atoms with E-state index in [4.69, 9.17) is 14.2 Å². The molecule has 2 aromatic rings. The fraction of sp³-hybridized carbons (Fsp3) is 0.455.